The van der Waals surface area contributed by atoms with Crippen molar-refractivity contribution in [2.75, 3.05) is 13.1 Å². The van der Waals surface area contributed by atoms with Crippen LogP contribution < -0.4 is 5.32 Å². The molecule has 0 radical (unpaired) electrons. The van der Waals surface area contributed by atoms with E-state index in [0.29, 0.717) is 30.0 Å². The largest absolute Gasteiger partial charge is 0.336 e. The molecule has 7 heteroatoms. The average molecular weight is 412 g/mol. The molecule has 0 aromatic heterocycles. The number of benzene rings is 2. The second kappa shape index (κ2) is 7.52. The van der Waals surface area contributed by atoms with Gasteiger partial charge in [0.1, 0.15) is 5.54 Å². The molecule has 1 spiro atoms. The summed E-state index contributed by atoms with van der Waals surface area (Å²) in [4.78, 5) is 41.6. The smallest absolute Gasteiger partial charge is 0.325 e. The van der Waals surface area contributed by atoms with Gasteiger partial charge in [-0.15, -0.1) is 0 Å². The van der Waals surface area contributed by atoms with Crippen LogP contribution in [0.3, 0.4) is 0 Å². The van der Waals surface area contributed by atoms with E-state index in [9.17, 15) is 14.4 Å². The van der Waals surface area contributed by atoms with Gasteiger partial charge in [0.05, 0.1) is 13.1 Å². The Hall–Kier alpha value is -2.86. The number of hydrogen-bond donors (Lipinski definition) is 1. The van der Waals surface area contributed by atoms with Crippen LogP contribution in [-0.2, 0) is 11.3 Å². The summed E-state index contributed by atoms with van der Waals surface area (Å²) in [5, 5.41) is 3.35. The number of halogens is 1. The number of amides is 4. The number of hydrogen-bond acceptors (Lipinski definition) is 3. The zero-order valence-electron chi connectivity index (χ0n) is 16.2. The Kier molecular flexibility index (Phi) is 5.04. The maximum Gasteiger partial charge on any atom is 0.325 e. The fourth-order valence-corrected chi connectivity index (χ4v) is 4.20. The normalized spacial score (nSPS) is 21.6. The van der Waals surface area contributed by atoms with E-state index >= 15 is 0 Å². The predicted molar refractivity (Wildman–Crippen MR) is 110 cm³/mol. The highest BCUT2D eigenvalue weighted by atomic mass is 35.5. The zero-order valence-corrected chi connectivity index (χ0v) is 16.9. The number of aryl methyl sites for hydroxylation is 1. The third-order valence-corrected chi connectivity index (χ3v) is 5.79. The third-order valence-electron chi connectivity index (χ3n) is 5.56. The molecule has 0 bridgehead atoms. The molecule has 2 aromatic carbocycles. The Morgan fingerprint density at radius 3 is 2.66 bits per heavy atom. The van der Waals surface area contributed by atoms with E-state index in [1.54, 1.807) is 29.2 Å². The van der Waals surface area contributed by atoms with E-state index in [1.807, 2.05) is 31.2 Å². The summed E-state index contributed by atoms with van der Waals surface area (Å²) >= 11 is 6.01. The number of carbonyl (C=O) groups excluding carboxylic acids is 3. The average Bonchev–Trinajstić information content (AvgIpc) is 2.93. The SMILES string of the molecule is Cc1ccc(CN2C(=O)N[C@]3(CCCN(C(=O)c4cccc(Cl)c4)C3)C2=O)cc1. The summed E-state index contributed by atoms with van der Waals surface area (Å²) in [5.74, 6) is -0.461. The van der Waals surface area contributed by atoms with Gasteiger partial charge in [-0.3, -0.25) is 14.5 Å². The maximum absolute atomic E-state index is 13.2. The van der Waals surface area contributed by atoms with Gasteiger partial charge in [-0.25, -0.2) is 4.79 Å². The van der Waals surface area contributed by atoms with Crippen molar-refractivity contribution < 1.29 is 14.4 Å². The molecular formula is C22H22ClN3O3. The number of piperidine rings is 1. The van der Waals surface area contributed by atoms with Gasteiger partial charge in [0.15, 0.2) is 0 Å². The first-order valence-electron chi connectivity index (χ1n) is 9.62. The quantitative estimate of drug-likeness (QED) is 0.787. The number of rotatable bonds is 3. The van der Waals surface area contributed by atoms with E-state index in [0.717, 1.165) is 11.1 Å². The lowest BCUT2D eigenvalue weighted by molar-refractivity contribution is -0.133. The first-order chi connectivity index (χ1) is 13.9. The van der Waals surface area contributed by atoms with Crippen LogP contribution in [0.2, 0.25) is 5.02 Å². The minimum absolute atomic E-state index is 0.160. The fourth-order valence-electron chi connectivity index (χ4n) is 4.01. The number of urea groups is 1. The van der Waals surface area contributed by atoms with Crippen LogP contribution in [0, 0.1) is 6.92 Å². The van der Waals surface area contributed by atoms with E-state index in [-0.39, 0.29) is 24.9 Å². The molecule has 2 aromatic rings. The molecule has 4 rings (SSSR count). The van der Waals surface area contributed by atoms with Crippen LogP contribution in [0.4, 0.5) is 4.79 Å². The third kappa shape index (κ3) is 3.72. The summed E-state index contributed by atoms with van der Waals surface area (Å²) in [6.07, 6.45) is 1.15. The van der Waals surface area contributed by atoms with Gasteiger partial charge < -0.3 is 10.2 Å². The van der Waals surface area contributed by atoms with Gasteiger partial charge in [-0.1, -0.05) is 47.5 Å². The Labute approximate surface area is 174 Å². The molecule has 0 saturated carbocycles. The lowest BCUT2D eigenvalue weighted by Gasteiger charge is -2.38. The monoisotopic (exact) mass is 411 g/mol. The van der Waals surface area contributed by atoms with Crippen molar-refractivity contribution >= 4 is 29.4 Å². The molecular weight excluding hydrogens is 390 g/mol. The zero-order chi connectivity index (χ0) is 20.6. The molecule has 2 fully saturated rings. The first kappa shape index (κ1) is 19.5. The summed E-state index contributed by atoms with van der Waals surface area (Å²) in [7, 11) is 0. The van der Waals surface area contributed by atoms with Gasteiger partial charge in [-0.2, -0.15) is 0 Å². The van der Waals surface area contributed by atoms with Crippen molar-refractivity contribution in [2.24, 2.45) is 0 Å². The summed E-state index contributed by atoms with van der Waals surface area (Å²) < 4.78 is 0. The lowest BCUT2D eigenvalue weighted by atomic mass is 9.88. The van der Waals surface area contributed by atoms with E-state index in [1.165, 1.54) is 4.90 Å². The van der Waals surface area contributed by atoms with Crippen LogP contribution in [0.25, 0.3) is 0 Å². The minimum Gasteiger partial charge on any atom is -0.336 e. The molecule has 4 amide bonds. The lowest BCUT2D eigenvalue weighted by Crippen LogP contribution is -2.59. The highest BCUT2D eigenvalue weighted by molar-refractivity contribution is 6.31. The van der Waals surface area contributed by atoms with Crippen molar-refractivity contribution in [3.63, 3.8) is 0 Å². The topological polar surface area (TPSA) is 69.7 Å². The van der Waals surface area contributed by atoms with Gasteiger partial charge >= 0.3 is 6.03 Å². The second-order valence-electron chi connectivity index (χ2n) is 7.73. The molecule has 1 N–H and O–H groups in total. The fraction of sp³-hybridized carbons (Fsp3) is 0.318. The molecule has 2 aliphatic heterocycles. The molecule has 2 aliphatic rings. The van der Waals surface area contributed by atoms with Crippen molar-refractivity contribution in [3.8, 4) is 0 Å². The van der Waals surface area contributed by atoms with Crippen molar-refractivity contribution in [2.45, 2.75) is 31.8 Å². The van der Waals surface area contributed by atoms with Crippen molar-refractivity contribution in [1.29, 1.82) is 0 Å². The summed E-state index contributed by atoms with van der Waals surface area (Å²) in [6.45, 7) is 2.90. The minimum atomic E-state index is -1.06. The van der Waals surface area contributed by atoms with Gasteiger partial charge in [-0.05, 0) is 43.5 Å². The number of nitrogens with zero attached hydrogens (tertiary/aromatic N) is 2. The number of nitrogens with one attached hydrogen (secondary N) is 1. The molecule has 1 atom stereocenters. The van der Waals surface area contributed by atoms with Gasteiger partial charge in [0, 0.05) is 17.1 Å². The molecule has 0 aliphatic carbocycles. The van der Waals surface area contributed by atoms with Gasteiger partial charge in [0.2, 0.25) is 0 Å². The standard InChI is InChI=1S/C22H22ClN3O3/c1-15-6-8-16(9-7-15)13-26-20(28)22(24-21(26)29)10-3-11-25(14-22)19(27)17-4-2-5-18(23)12-17/h2,4-9,12H,3,10-11,13-14H2,1H3,(H,24,29)/t22-/m0/s1. The first-order valence-corrected chi connectivity index (χ1v) is 10.0. The molecule has 150 valence electrons. The molecule has 6 nitrogen and oxygen atoms in total. The number of carbonyl (C=O) groups is 3. The molecule has 29 heavy (non-hydrogen) atoms. The second-order valence-corrected chi connectivity index (χ2v) is 8.17. The van der Waals surface area contributed by atoms with Crippen LogP contribution in [0.15, 0.2) is 48.5 Å². The molecule has 0 unspecified atom stereocenters. The van der Waals surface area contributed by atoms with Crippen LogP contribution in [0.1, 0.15) is 34.3 Å². The maximum atomic E-state index is 13.2. The number of likely N-dealkylation sites (tertiary alicyclic amines) is 1. The number of imide groups is 1. The van der Waals surface area contributed by atoms with E-state index < -0.39 is 11.6 Å². The van der Waals surface area contributed by atoms with Crippen LogP contribution in [-0.4, -0.2) is 46.3 Å². The van der Waals surface area contributed by atoms with Crippen molar-refractivity contribution in [3.05, 3.63) is 70.2 Å². The highest BCUT2D eigenvalue weighted by Crippen LogP contribution is 2.30. The predicted octanol–water partition coefficient (Wildman–Crippen LogP) is 3.38. The Morgan fingerprint density at radius 2 is 1.93 bits per heavy atom. The highest BCUT2D eigenvalue weighted by Gasteiger charge is 2.53. The molecule has 2 saturated heterocycles. The Balaban J connectivity index is 1.53. The Morgan fingerprint density at radius 1 is 1.17 bits per heavy atom. The van der Waals surface area contributed by atoms with E-state index in [2.05, 4.69) is 5.32 Å². The summed E-state index contributed by atoms with van der Waals surface area (Å²) in [6, 6.07) is 14.1. The van der Waals surface area contributed by atoms with Crippen molar-refractivity contribution in [1.82, 2.24) is 15.1 Å². The summed E-state index contributed by atoms with van der Waals surface area (Å²) in [5.41, 5.74) is 1.42. The Bertz CT molecular complexity index is 976. The van der Waals surface area contributed by atoms with Crippen LogP contribution >= 0.6 is 11.6 Å². The molecule has 2 heterocycles. The van der Waals surface area contributed by atoms with E-state index in [4.69, 9.17) is 11.6 Å². The van der Waals surface area contributed by atoms with Crippen LogP contribution in [0.5, 0.6) is 0 Å². The van der Waals surface area contributed by atoms with Gasteiger partial charge in [0.25, 0.3) is 11.8 Å².